The molecule has 3 amide bonds. The summed E-state index contributed by atoms with van der Waals surface area (Å²) in [5.41, 5.74) is 11.5. The number of hydrogen-bond acceptors (Lipinski definition) is 7. The summed E-state index contributed by atoms with van der Waals surface area (Å²) >= 11 is 0. The van der Waals surface area contributed by atoms with Crippen molar-refractivity contribution in [2.45, 2.75) is 90.4 Å². The molecule has 0 aromatic heterocycles. The molecule has 0 saturated heterocycles. The van der Waals surface area contributed by atoms with Gasteiger partial charge in [-0.3, -0.25) is 19.2 Å². The summed E-state index contributed by atoms with van der Waals surface area (Å²) in [7, 11) is 0. The summed E-state index contributed by atoms with van der Waals surface area (Å²) < 4.78 is 0. The molecule has 0 aliphatic heterocycles. The van der Waals surface area contributed by atoms with Crippen LogP contribution >= 0.6 is 0 Å². The van der Waals surface area contributed by atoms with E-state index in [0.29, 0.717) is 25.8 Å². The quantitative estimate of drug-likeness (QED) is 0.132. The van der Waals surface area contributed by atoms with Gasteiger partial charge in [0, 0.05) is 6.42 Å². The van der Waals surface area contributed by atoms with Gasteiger partial charge < -0.3 is 37.6 Å². The molecule has 0 radical (unpaired) electrons. The number of rotatable bonds is 17. The summed E-state index contributed by atoms with van der Waals surface area (Å²) in [6, 6.07) is -4.37. The molecule has 0 bridgehead atoms. The van der Waals surface area contributed by atoms with E-state index in [4.69, 9.17) is 16.6 Å². The van der Waals surface area contributed by atoms with Gasteiger partial charge in [-0.25, -0.2) is 4.79 Å². The maximum atomic E-state index is 13.0. The molecule has 5 unspecified atom stereocenters. The minimum Gasteiger partial charge on any atom is -0.481 e. The summed E-state index contributed by atoms with van der Waals surface area (Å²) in [5, 5.41) is 25.8. The molecule has 0 aromatic rings. The van der Waals surface area contributed by atoms with E-state index in [9.17, 15) is 29.1 Å². The van der Waals surface area contributed by atoms with Crippen LogP contribution in [0.25, 0.3) is 0 Å². The Balaban J connectivity index is 5.60. The zero-order valence-electron chi connectivity index (χ0n) is 20.5. The molecular formula is C22H41N5O7. The number of unbranched alkanes of at least 4 members (excludes halogenated alkanes) is 1. The van der Waals surface area contributed by atoms with Gasteiger partial charge in [0.2, 0.25) is 17.7 Å². The first-order chi connectivity index (χ1) is 15.8. The number of carbonyl (C=O) groups is 5. The first-order valence-corrected chi connectivity index (χ1v) is 11.7. The first-order valence-electron chi connectivity index (χ1n) is 11.7. The maximum absolute atomic E-state index is 13.0. The van der Waals surface area contributed by atoms with Crippen LogP contribution in [0.1, 0.15) is 66.2 Å². The number of hydrogen-bond donors (Lipinski definition) is 7. The highest BCUT2D eigenvalue weighted by atomic mass is 16.4. The third kappa shape index (κ3) is 11.4. The van der Waals surface area contributed by atoms with Crippen LogP contribution in [0.5, 0.6) is 0 Å². The largest absolute Gasteiger partial charge is 0.481 e. The lowest BCUT2D eigenvalue weighted by Crippen LogP contribution is -2.58. The standard InChI is InChI=1S/C22H41N5O7/c1-5-13(4)17(24)21(32)26-14(8-6-7-11-23)19(30)25-15(9-10-16(28)29)20(31)27-18(12(2)3)22(33)34/h12-15,17-18H,5-11,23-24H2,1-4H3,(H,25,30)(H,26,32)(H,27,31)(H,28,29)(H,33,34). The minimum absolute atomic E-state index is 0.120. The van der Waals surface area contributed by atoms with Gasteiger partial charge in [0.1, 0.15) is 18.1 Å². The monoisotopic (exact) mass is 487 g/mol. The predicted molar refractivity (Wildman–Crippen MR) is 125 cm³/mol. The van der Waals surface area contributed by atoms with Crippen molar-refractivity contribution in [3.8, 4) is 0 Å². The van der Waals surface area contributed by atoms with E-state index < -0.39 is 66.2 Å². The van der Waals surface area contributed by atoms with Crippen molar-refractivity contribution in [2.75, 3.05) is 6.54 Å². The van der Waals surface area contributed by atoms with Gasteiger partial charge >= 0.3 is 11.9 Å². The van der Waals surface area contributed by atoms with Crippen LogP contribution in [0.2, 0.25) is 0 Å². The summed E-state index contributed by atoms with van der Waals surface area (Å²) in [5.74, 6) is -5.02. The molecule has 0 spiro atoms. The Kier molecular flexibility index (Phi) is 14.7. The fourth-order valence-corrected chi connectivity index (χ4v) is 3.12. The smallest absolute Gasteiger partial charge is 0.326 e. The molecule has 0 rings (SSSR count). The van der Waals surface area contributed by atoms with Crippen LogP contribution in [0.4, 0.5) is 0 Å². The van der Waals surface area contributed by atoms with Crippen molar-refractivity contribution in [1.29, 1.82) is 0 Å². The van der Waals surface area contributed by atoms with Gasteiger partial charge in [0.15, 0.2) is 0 Å². The lowest BCUT2D eigenvalue weighted by atomic mass is 9.98. The number of nitrogens with one attached hydrogen (secondary N) is 3. The SMILES string of the molecule is CCC(C)C(N)C(=O)NC(CCCCN)C(=O)NC(CCC(=O)O)C(=O)NC(C(=O)O)C(C)C. The fraction of sp³-hybridized carbons (Fsp3) is 0.773. The molecule has 0 aromatic carbocycles. The van der Waals surface area contributed by atoms with E-state index in [1.54, 1.807) is 13.8 Å². The molecule has 5 atom stereocenters. The third-order valence-corrected chi connectivity index (χ3v) is 5.65. The Hall–Kier alpha value is -2.73. The van der Waals surface area contributed by atoms with Gasteiger partial charge in [-0.05, 0) is 44.1 Å². The molecule has 196 valence electrons. The second-order valence-corrected chi connectivity index (χ2v) is 8.82. The van der Waals surface area contributed by atoms with Crippen molar-refractivity contribution in [1.82, 2.24) is 16.0 Å². The summed E-state index contributed by atoms with van der Waals surface area (Å²) in [6.07, 6.45) is 1.34. The summed E-state index contributed by atoms with van der Waals surface area (Å²) in [4.78, 5) is 60.8. The van der Waals surface area contributed by atoms with Gasteiger partial charge in [-0.15, -0.1) is 0 Å². The molecule has 12 nitrogen and oxygen atoms in total. The van der Waals surface area contributed by atoms with E-state index in [2.05, 4.69) is 16.0 Å². The minimum atomic E-state index is -1.30. The lowest BCUT2D eigenvalue weighted by molar-refractivity contribution is -0.144. The van der Waals surface area contributed by atoms with Crippen LogP contribution in [0.15, 0.2) is 0 Å². The number of carboxylic acid groups (broad SMARTS) is 2. The zero-order chi connectivity index (χ0) is 26.4. The van der Waals surface area contributed by atoms with Gasteiger partial charge in [0.05, 0.1) is 6.04 Å². The molecule has 0 saturated carbocycles. The molecule has 0 fully saturated rings. The average Bonchev–Trinajstić information content (AvgIpc) is 2.77. The van der Waals surface area contributed by atoms with Crippen LogP contribution < -0.4 is 27.4 Å². The Morgan fingerprint density at radius 2 is 1.35 bits per heavy atom. The highest BCUT2D eigenvalue weighted by molar-refractivity contribution is 5.94. The number of carbonyl (C=O) groups excluding carboxylic acids is 3. The van der Waals surface area contributed by atoms with Crippen LogP contribution in [-0.4, -0.2) is 70.6 Å². The Morgan fingerprint density at radius 3 is 1.82 bits per heavy atom. The highest BCUT2D eigenvalue weighted by Gasteiger charge is 2.32. The predicted octanol–water partition coefficient (Wildman–Crippen LogP) is -0.451. The molecule has 0 heterocycles. The van der Waals surface area contributed by atoms with Gasteiger partial charge in [-0.2, -0.15) is 0 Å². The molecule has 0 aliphatic rings. The number of carboxylic acids is 2. The second kappa shape index (κ2) is 16.0. The lowest BCUT2D eigenvalue weighted by Gasteiger charge is -2.26. The number of aliphatic carboxylic acids is 2. The molecule has 34 heavy (non-hydrogen) atoms. The molecule has 0 aliphatic carbocycles. The van der Waals surface area contributed by atoms with Crippen molar-refractivity contribution in [2.24, 2.45) is 23.3 Å². The second-order valence-electron chi connectivity index (χ2n) is 8.82. The van der Waals surface area contributed by atoms with Crippen molar-refractivity contribution in [3.63, 3.8) is 0 Å². The van der Waals surface area contributed by atoms with E-state index in [1.807, 2.05) is 13.8 Å². The zero-order valence-corrected chi connectivity index (χ0v) is 20.5. The van der Waals surface area contributed by atoms with Crippen LogP contribution in [0.3, 0.4) is 0 Å². The highest BCUT2D eigenvalue weighted by Crippen LogP contribution is 2.09. The van der Waals surface area contributed by atoms with Gasteiger partial charge in [-0.1, -0.05) is 34.1 Å². The Bertz CT molecular complexity index is 701. The van der Waals surface area contributed by atoms with Crippen LogP contribution in [-0.2, 0) is 24.0 Å². The van der Waals surface area contributed by atoms with Crippen LogP contribution in [0, 0.1) is 11.8 Å². The van der Waals surface area contributed by atoms with Gasteiger partial charge in [0.25, 0.3) is 0 Å². The number of amides is 3. The Labute approximate surface area is 200 Å². The molecular weight excluding hydrogens is 446 g/mol. The first kappa shape index (κ1) is 31.3. The third-order valence-electron chi connectivity index (χ3n) is 5.65. The topological polar surface area (TPSA) is 214 Å². The maximum Gasteiger partial charge on any atom is 0.326 e. The van der Waals surface area contributed by atoms with E-state index >= 15 is 0 Å². The van der Waals surface area contributed by atoms with Crippen molar-refractivity contribution < 1.29 is 34.2 Å². The molecule has 9 N–H and O–H groups in total. The van der Waals surface area contributed by atoms with Crippen molar-refractivity contribution in [3.05, 3.63) is 0 Å². The fourth-order valence-electron chi connectivity index (χ4n) is 3.12. The molecule has 12 heteroatoms. The average molecular weight is 488 g/mol. The van der Waals surface area contributed by atoms with E-state index in [1.165, 1.54) is 0 Å². The normalized spacial score (nSPS) is 15.5. The van der Waals surface area contributed by atoms with E-state index in [0.717, 1.165) is 0 Å². The van der Waals surface area contributed by atoms with E-state index in [-0.39, 0.29) is 18.8 Å². The Morgan fingerprint density at radius 1 is 0.824 bits per heavy atom. The number of nitrogens with two attached hydrogens (primary N) is 2. The summed E-state index contributed by atoms with van der Waals surface area (Å²) in [6.45, 7) is 7.30. The van der Waals surface area contributed by atoms with Crippen molar-refractivity contribution >= 4 is 29.7 Å².